The molecular formula is C16H20F2N2O2S. The van der Waals surface area contributed by atoms with Crippen molar-refractivity contribution in [3.8, 4) is 0 Å². The van der Waals surface area contributed by atoms with Gasteiger partial charge in [0.05, 0.1) is 11.3 Å². The smallest absolute Gasteiger partial charge is 0.264 e. The molecule has 0 bridgehead atoms. The van der Waals surface area contributed by atoms with Crippen molar-refractivity contribution in [3.63, 3.8) is 0 Å². The van der Waals surface area contributed by atoms with Gasteiger partial charge >= 0.3 is 0 Å². The van der Waals surface area contributed by atoms with Crippen molar-refractivity contribution in [2.75, 3.05) is 36.6 Å². The number of hydrogen-bond acceptors (Lipinski definition) is 4. The van der Waals surface area contributed by atoms with Crippen molar-refractivity contribution in [1.82, 2.24) is 0 Å². The highest BCUT2D eigenvalue weighted by molar-refractivity contribution is 7.99. The first-order chi connectivity index (χ1) is 11.1. The van der Waals surface area contributed by atoms with Crippen molar-refractivity contribution in [2.24, 2.45) is 11.7 Å². The van der Waals surface area contributed by atoms with Crippen LogP contribution in [0.4, 0.5) is 14.5 Å². The molecule has 126 valence electrons. The van der Waals surface area contributed by atoms with E-state index in [1.54, 1.807) is 11.8 Å². The molecule has 2 heterocycles. The number of thioether (sulfide) groups is 1. The van der Waals surface area contributed by atoms with E-state index in [-0.39, 0.29) is 30.3 Å². The van der Waals surface area contributed by atoms with Crippen molar-refractivity contribution < 1.29 is 18.3 Å². The molecule has 0 aromatic heterocycles. The van der Waals surface area contributed by atoms with Gasteiger partial charge in [0, 0.05) is 26.1 Å². The van der Waals surface area contributed by atoms with Gasteiger partial charge in [0.25, 0.3) is 5.91 Å². The van der Waals surface area contributed by atoms with Crippen LogP contribution in [0.3, 0.4) is 0 Å². The van der Waals surface area contributed by atoms with Gasteiger partial charge in [-0.25, -0.2) is 8.78 Å². The molecule has 7 heteroatoms. The Morgan fingerprint density at radius 1 is 1.43 bits per heavy atom. The van der Waals surface area contributed by atoms with E-state index in [4.69, 9.17) is 10.5 Å². The van der Waals surface area contributed by atoms with Gasteiger partial charge in [-0.3, -0.25) is 4.79 Å². The van der Waals surface area contributed by atoms with E-state index in [0.29, 0.717) is 5.75 Å². The Balaban J connectivity index is 2.21. The summed E-state index contributed by atoms with van der Waals surface area (Å²) in [5, 5.41) is 0. The Morgan fingerprint density at radius 3 is 2.78 bits per heavy atom. The average molecular weight is 342 g/mol. The third-order valence-electron chi connectivity index (χ3n) is 4.69. The molecule has 0 spiro atoms. The van der Waals surface area contributed by atoms with E-state index in [9.17, 15) is 13.6 Å². The fraction of sp³-hybridized carbons (Fsp3) is 0.562. The van der Waals surface area contributed by atoms with Crippen molar-refractivity contribution in [3.05, 3.63) is 29.3 Å². The summed E-state index contributed by atoms with van der Waals surface area (Å²) in [6.45, 7) is 0.303. The Hall–Kier alpha value is -1.18. The first kappa shape index (κ1) is 16.7. The van der Waals surface area contributed by atoms with Crippen LogP contribution >= 0.6 is 11.8 Å². The monoisotopic (exact) mass is 342 g/mol. The fourth-order valence-corrected chi connectivity index (χ4v) is 4.93. The van der Waals surface area contributed by atoms with E-state index in [2.05, 4.69) is 0 Å². The molecule has 0 unspecified atom stereocenters. The predicted octanol–water partition coefficient (Wildman–Crippen LogP) is 2.25. The summed E-state index contributed by atoms with van der Waals surface area (Å²) in [7, 11) is 1.40. The number of fused-ring (bicyclic) bond motifs is 1. The summed E-state index contributed by atoms with van der Waals surface area (Å²) in [5.74, 6) is -0.119. The highest BCUT2D eigenvalue weighted by Gasteiger charge is 2.58. The van der Waals surface area contributed by atoms with Crippen LogP contribution in [0.15, 0.2) is 12.1 Å². The maximum Gasteiger partial charge on any atom is 0.264 e. The number of benzene rings is 1. The quantitative estimate of drug-likeness (QED) is 0.912. The minimum Gasteiger partial charge on any atom is -0.363 e. The zero-order chi connectivity index (χ0) is 16.6. The summed E-state index contributed by atoms with van der Waals surface area (Å²) in [5.41, 5.74) is 4.13. The molecule has 2 aliphatic rings. The molecule has 0 radical (unpaired) electrons. The Morgan fingerprint density at radius 2 is 2.17 bits per heavy atom. The van der Waals surface area contributed by atoms with Gasteiger partial charge in [0.1, 0.15) is 11.6 Å². The maximum absolute atomic E-state index is 14.6. The number of nitrogens with zero attached hydrogens (tertiary/aromatic N) is 1. The van der Waals surface area contributed by atoms with Crippen molar-refractivity contribution in [2.45, 2.75) is 18.4 Å². The van der Waals surface area contributed by atoms with Gasteiger partial charge in [0.15, 0.2) is 5.60 Å². The Bertz CT molecular complexity index is 622. The molecular weight excluding hydrogens is 322 g/mol. The number of methoxy groups -OCH3 is 1. The normalized spacial score (nSPS) is 27.4. The third kappa shape index (κ3) is 2.37. The lowest BCUT2D eigenvalue weighted by atomic mass is 9.80. The van der Waals surface area contributed by atoms with Crippen LogP contribution in [0.2, 0.25) is 0 Å². The topological polar surface area (TPSA) is 55.6 Å². The second kappa shape index (κ2) is 6.37. The molecule has 1 aromatic rings. The van der Waals surface area contributed by atoms with Gasteiger partial charge in [-0.2, -0.15) is 11.8 Å². The number of amides is 1. The van der Waals surface area contributed by atoms with E-state index in [1.165, 1.54) is 12.0 Å². The highest BCUT2D eigenvalue weighted by atomic mass is 32.2. The van der Waals surface area contributed by atoms with Crippen LogP contribution in [0.5, 0.6) is 0 Å². The van der Waals surface area contributed by atoms with Gasteiger partial charge in [0.2, 0.25) is 0 Å². The highest BCUT2D eigenvalue weighted by Crippen LogP contribution is 2.51. The predicted molar refractivity (Wildman–Crippen MR) is 86.5 cm³/mol. The first-order valence-corrected chi connectivity index (χ1v) is 8.86. The standard InChI is InChI=1S/C16H20F2N2O2S/c1-22-16(10-3-2-8-23-9-10)13-11(17)4-5-12(18)14(13)20(7-6-19)15(16)21/h4-5,10H,2-3,6-9,19H2,1H3/t10-,16-/m0/s1. The molecule has 2 aliphatic heterocycles. The molecule has 0 saturated carbocycles. The molecule has 2 atom stereocenters. The van der Waals surface area contributed by atoms with Crippen molar-refractivity contribution >= 4 is 23.4 Å². The molecule has 23 heavy (non-hydrogen) atoms. The van der Waals surface area contributed by atoms with E-state index < -0.39 is 23.1 Å². The van der Waals surface area contributed by atoms with Crippen LogP contribution in [-0.4, -0.2) is 37.6 Å². The summed E-state index contributed by atoms with van der Waals surface area (Å²) in [6, 6.07) is 2.11. The summed E-state index contributed by atoms with van der Waals surface area (Å²) in [4.78, 5) is 14.4. The Labute approximate surface area is 138 Å². The molecule has 1 fully saturated rings. The third-order valence-corrected chi connectivity index (χ3v) is 5.91. The largest absolute Gasteiger partial charge is 0.363 e. The zero-order valence-corrected chi connectivity index (χ0v) is 13.8. The van der Waals surface area contributed by atoms with E-state index in [0.717, 1.165) is 30.7 Å². The van der Waals surface area contributed by atoms with E-state index >= 15 is 0 Å². The molecule has 1 aromatic carbocycles. The average Bonchev–Trinajstić information content (AvgIpc) is 2.83. The minimum absolute atomic E-state index is 0.0159. The first-order valence-electron chi connectivity index (χ1n) is 7.71. The maximum atomic E-state index is 14.6. The van der Waals surface area contributed by atoms with Crippen LogP contribution in [-0.2, 0) is 15.1 Å². The summed E-state index contributed by atoms with van der Waals surface area (Å²) in [6.07, 6.45) is 1.68. The van der Waals surface area contributed by atoms with Crippen LogP contribution in [0.1, 0.15) is 18.4 Å². The minimum atomic E-state index is -1.45. The molecule has 1 saturated heterocycles. The lowest BCUT2D eigenvalue weighted by Gasteiger charge is -2.37. The number of nitrogens with two attached hydrogens (primary N) is 1. The molecule has 2 N–H and O–H groups in total. The van der Waals surface area contributed by atoms with Gasteiger partial charge in [-0.1, -0.05) is 0 Å². The fourth-order valence-electron chi connectivity index (χ4n) is 3.71. The second-order valence-electron chi connectivity index (χ2n) is 5.85. The number of halogens is 2. The number of ether oxygens (including phenoxy) is 1. The second-order valence-corrected chi connectivity index (χ2v) is 7.00. The summed E-state index contributed by atoms with van der Waals surface area (Å²) >= 11 is 1.71. The molecule has 1 amide bonds. The number of hydrogen-bond donors (Lipinski definition) is 1. The lowest BCUT2D eigenvalue weighted by molar-refractivity contribution is -0.147. The van der Waals surface area contributed by atoms with Crippen LogP contribution in [0.25, 0.3) is 0 Å². The molecule has 4 nitrogen and oxygen atoms in total. The molecule has 3 rings (SSSR count). The number of anilines is 1. The van der Waals surface area contributed by atoms with Gasteiger partial charge in [-0.15, -0.1) is 0 Å². The summed E-state index contributed by atoms with van der Waals surface area (Å²) < 4.78 is 34.7. The number of carbonyl (C=O) groups excluding carboxylic acids is 1. The molecule has 0 aliphatic carbocycles. The number of rotatable bonds is 4. The SMILES string of the molecule is CO[C@]1([C@H]2CCCSC2)C(=O)N(CCN)c2c(F)ccc(F)c21. The van der Waals surface area contributed by atoms with E-state index in [1.807, 2.05) is 0 Å². The van der Waals surface area contributed by atoms with Gasteiger partial charge < -0.3 is 15.4 Å². The lowest BCUT2D eigenvalue weighted by Crippen LogP contribution is -2.49. The Kier molecular flexibility index (Phi) is 4.62. The zero-order valence-electron chi connectivity index (χ0n) is 13.0. The van der Waals surface area contributed by atoms with Crippen LogP contribution < -0.4 is 10.6 Å². The number of carbonyl (C=O) groups is 1. The van der Waals surface area contributed by atoms with Crippen LogP contribution in [0, 0.1) is 17.6 Å². The van der Waals surface area contributed by atoms with Crippen molar-refractivity contribution in [1.29, 1.82) is 0 Å². The van der Waals surface area contributed by atoms with Gasteiger partial charge in [-0.05, 0) is 36.5 Å².